The van der Waals surface area contributed by atoms with Crippen molar-refractivity contribution in [3.8, 4) is 11.5 Å². The van der Waals surface area contributed by atoms with E-state index in [0.29, 0.717) is 12.3 Å². The molecule has 0 aliphatic carbocycles. The molecule has 0 saturated carbocycles. The average molecular weight is 267 g/mol. The van der Waals surface area contributed by atoms with Crippen LogP contribution in [0.4, 0.5) is 0 Å². The number of ether oxygens (including phenoxy) is 1. The zero-order chi connectivity index (χ0) is 14.5. The van der Waals surface area contributed by atoms with Crippen LogP contribution in [-0.4, -0.2) is 29.5 Å². The fourth-order valence-corrected chi connectivity index (χ4v) is 2.08. The van der Waals surface area contributed by atoms with Gasteiger partial charge < -0.3 is 20.3 Å². The van der Waals surface area contributed by atoms with Crippen LogP contribution in [-0.2, 0) is 0 Å². The Hall–Kier alpha value is -1.26. The highest BCUT2D eigenvalue weighted by atomic mass is 16.5. The second-order valence-electron chi connectivity index (χ2n) is 5.28. The Morgan fingerprint density at radius 3 is 2.68 bits per heavy atom. The van der Waals surface area contributed by atoms with Crippen molar-refractivity contribution in [2.45, 2.75) is 45.3 Å². The highest BCUT2D eigenvalue weighted by molar-refractivity contribution is 5.42. The highest BCUT2D eigenvalue weighted by Gasteiger charge is 2.20. The molecule has 0 heterocycles. The van der Waals surface area contributed by atoms with E-state index < -0.39 is 5.60 Å². The third-order valence-corrected chi connectivity index (χ3v) is 3.28. The Bertz CT molecular complexity index is 404. The van der Waals surface area contributed by atoms with Gasteiger partial charge in [-0.05, 0) is 38.0 Å². The molecule has 2 unspecified atom stereocenters. The first-order valence-electron chi connectivity index (χ1n) is 6.72. The van der Waals surface area contributed by atoms with Crippen LogP contribution < -0.4 is 10.1 Å². The van der Waals surface area contributed by atoms with Crippen molar-refractivity contribution in [2.24, 2.45) is 0 Å². The van der Waals surface area contributed by atoms with Gasteiger partial charge in [0.1, 0.15) is 0 Å². The summed E-state index contributed by atoms with van der Waals surface area (Å²) in [4.78, 5) is 0. The maximum atomic E-state index is 10.1. The van der Waals surface area contributed by atoms with E-state index in [1.165, 1.54) is 7.11 Å². The van der Waals surface area contributed by atoms with Gasteiger partial charge in [0.05, 0.1) is 12.7 Å². The van der Waals surface area contributed by atoms with Gasteiger partial charge in [0, 0.05) is 12.6 Å². The van der Waals surface area contributed by atoms with Gasteiger partial charge in [0.25, 0.3) is 0 Å². The molecule has 3 N–H and O–H groups in total. The van der Waals surface area contributed by atoms with E-state index >= 15 is 0 Å². The van der Waals surface area contributed by atoms with Crippen molar-refractivity contribution in [3.05, 3.63) is 23.8 Å². The minimum Gasteiger partial charge on any atom is -0.504 e. The summed E-state index contributed by atoms with van der Waals surface area (Å²) in [6.45, 7) is 6.45. The summed E-state index contributed by atoms with van der Waals surface area (Å²) in [6, 6.07) is 5.36. The fourth-order valence-electron chi connectivity index (χ4n) is 2.08. The molecule has 0 spiro atoms. The lowest BCUT2D eigenvalue weighted by atomic mass is 9.99. The molecule has 108 valence electrons. The van der Waals surface area contributed by atoms with Crippen molar-refractivity contribution < 1.29 is 14.9 Å². The molecule has 0 fully saturated rings. The van der Waals surface area contributed by atoms with Crippen LogP contribution in [0.25, 0.3) is 0 Å². The smallest absolute Gasteiger partial charge is 0.160 e. The van der Waals surface area contributed by atoms with Crippen molar-refractivity contribution in [3.63, 3.8) is 0 Å². The molecule has 1 aromatic rings. The molecule has 4 heteroatoms. The second-order valence-corrected chi connectivity index (χ2v) is 5.28. The number of aliphatic hydroxyl groups is 1. The van der Waals surface area contributed by atoms with E-state index in [4.69, 9.17) is 4.74 Å². The Labute approximate surface area is 115 Å². The van der Waals surface area contributed by atoms with Crippen molar-refractivity contribution >= 4 is 0 Å². The third kappa shape index (κ3) is 4.73. The first-order valence-corrected chi connectivity index (χ1v) is 6.72. The summed E-state index contributed by atoms with van der Waals surface area (Å²) in [6.07, 6.45) is 1.72. The van der Waals surface area contributed by atoms with Gasteiger partial charge in [0.2, 0.25) is 0 Å². The largest absolute Gasteiger partial charge is 0.504 e. The standard InChI is InChI=1S/C15H25NO3/c1-5-8-15(3,18)10-16-11(2)12-6-7-13(17)14(9-12)19-4/h6-7,9,11,16-18H,5,8,10H2,1-4H3. The SMILES string of the molecule is CCCC(C)(O)CNC(C)c1ccc(O)c(OC)c1. The van der Waals surface area contributed by atoms with Gasteiger partial charge >= 0.3 is 0 Å². The zero-order valence-electron chi connectivity index (χ0n) is 12.2. The number of aromatic hydroxyl groups is 1. The molecule has 1 rings (SSSR count). The van der Waals surface area contributed by atoms with Gasteiger partial charge in [-0.1, -0.05) is 19.4 Å². The number of nitrogens with one attached hydrogen (secondary N) is 1. The first-order chi connectivity index (χ1) is 8.89. The lowest BCUT2D eigenvalue weighted by Gasteiger charge is -2.26. The molecule has 0 aliphatic rings. The van der Waals surface area contributed by atoms with Crippen LogP contribution in [0.2, 0.25) is 0 Å². The van der Waals surface area contributed by atoms with E-state index in [1.807, 2.05) is 26.0 Å². The molecule has 0 saturated heterocycles. The van der Waals surface area contributed by atoms with Gasteiger partial charge in [-0.25, -0.2) is 0 Å². The van der Waals surface area contributed by atoms with Gasteiger partial charge in [-0.3, -0.25) is 0 Å². The highest BCUT2D eigenvalue weighted by Crippen LogP contribution is 2.29. The van der Waals surface area contributed by atoms with Crippen LogP contribution in [0.5, 0.6) is 11.5 Å². The number of phenols is 1. The summed E-state index contributed by atoms with van der Waals surface area (Å²) >= 11 is 0. The molecule has 1 aromatic carbocycles. The van der Waals surface area contributed by atoms with E-state index in [9.17, 15) is 10.2 Å². The summed E-state index contributed by atoms with van der Waals surface area (Å²) in [5.41, 5.74) is 0.325. The summed E-state index contributed by atoms with van der Waals surface area (Å²) in [5, 5.41) is 23.0. The van der Waals surface area contributed by atoms with Gasteiger partial charge in [0.15, 0.2) is 11.5 Å². The number of hydrogen-bond acceptors (Lipinski definition) is 4. The van der Waals surface area contributed by atoms with Crippen LogP contribution in [0.1, 0.15) is 45.2 Å². The zero-order valence-corrected chi connectivity index (χ0v) is 12.2. The molecule has 0 aliphatic heterocycles. The van der Waals surface area contributed by atoms with Crippen LogP contribution >= 0.6 is 0 Å². The molecule has 4 nitrogen and oxygen atoms in total. The van der Waals surface area contributed by atoms with E-state index in [0.717, 1.165) is 18.4 Å². The van der Waals surface area contributed by atoms with Crippen LogP contribution in [0, 0.1) is 0 Å². The maximum absolute atomic E-state index is 10.1. The number of benzene rings is 1. The van der Waals surface area contributed by atoms with E-state index in [1.54, 1.807) is 6.07 Å². The van der Waals surface area contributed by atoms with Crippen molar-refractivity contribution in [1.82, 2.24) is 5.32 Å². The molecule has 0 aromatic heterocycles. The molecule has 0 amide bonds. The predicted molar refractivity (Wildman–Crippen MR) is 76.6 cm³/mol. The van der Waals surface area contributed by atoms with E-state index in [2.05, 4.69) is 12.2 Å². The monoisotopic (exact) mass is 267 g/mol. The quantitative estimate of drug-likeness (QED) is 0.710. The molecule has 0 radical (unpaired) electrons. The van der Waals surface area contributed by atoms with Gasteiger partial charge in [-0.2, -0.15) is 0 Å². The summed E-state index contributed by atoms with van der Waals surface area (Å²) in [5.74, 6) is 0.600. The Kier molecular flexibility index (Phi) is 5.63. The normalized spacial score (nSPS) is 15.8. The minimum atomic E-state index is -0.690. The summed E-state index contributed by atoms with van der Waals surface area (Å²) < 4.78 is 5.09. The molecular weight excluding hydrogens is 242 g/mol. The number of rotatable bonds is 7. The molecular formula is C15H25NO3. The number of methoxy groups -OCH3 is 1. The Morgan fingerprint density at radius 2 is 2.11 bits per heavy atom. The number of hydrogen-bond donors (Lipinski definition) is 3. The topological polar surface area (TPSA) is 61.7 Å². The molecule has 19 heavy (non-hydrogen) atoms. The minimum absolute atomic E-state index is 0.0813. The Balaban J connectivity index is 2.65. The lowest BCUT2D eigenvalue weighted by Crippen LogP contribution is -2.38. The predicted octanol–water partition coefficient (Wildman–Crippen LogP) is 2.60. The first kappa shape index (κ1) is 15.8. The van der Waals surface area contributed by atoms with Crippen molar-refractivity contribution in [2.75, 3.05) is 13.7 Å². The molecule has 2 atom stereocenters. The summed E-state index contributed by atoms with van der Waals surface area (Å²) in [7, 11) is 1.53. The van der Waals surface area contributed by atoms with E-state index in [-0.39, 0.29) is 11.8 Å². The molecule has 0 bridgehead atoms. The van der Waals surface area contributed by atoms with Crippen LogP contribution in [0.15, 0.2) is 18.2 Å². The average Bonchev–Trinajstić information content (AvgIpc) is 2.36. The third-order valence-electron chi connectivity index (χ3n) is 3.28. The lowest BCUT2D eigenvalue weighted by molar-refractivity contribution is 0.0476. The Morgan fingerprint density at radius 1 is 1.42 bits per heavy atom. The second kappa shape index (κ2) is 6.78. The van der Waals surface area contributed by atoms with Crippen molar-refractivity contribution in [1.29, 1.82) is 0 Å². The number of phenolic OH excluding ortho intramolecular Hbond substituents is 1. The maximum Gasteiger partial charge on any atom is 0.160 e. The van der Waals surface area contributed by atoms with Gasteiger partial charge in [-0.15, -0.1) is 0 Å². The van der Waals surface area contributed by atoms with Crippen LogP contribution in [0.3, 0.4) is 0 Å². The fraction of sp³-hybridized carbons (Fsp3) is 0.600.